The molecule has 0 aromatic carbocycles. The third kappa shape index (κ3) is 1.53. The average molecular weight is 192 g/mol. The maximum absolute atomic E-state index is 5.36. The van der Waals surface area contributed by atoms with E-state index in [1.807, 2.05) is 11.4 Å². The van der Waals surface area contributed by atoms with Crippen LogP contribution >= 0.6 is 11.3 Å². The lowest BCUT2D eigenvalue weighted by molar-refractivity contribution is 0.353. The molecule has 2 heterocycles. The van der Waals surface area contributed by atoms with Crippen LogP contribution in [0.25, 0.3) is 10.2 Å². The number of thiophene rings is 1. The SMILES string of the molecule is C=CCOc1ncnc2sccc12. The molecule has 0 aliphatic heterocycles. The molecule has 0 atom stereocenters. The summed E-state index contributed by atoms with van der Waals surface area (Å²) in [6, 6.07) is 1.96. The van der Waals surface area contributed by atoms with Crippen LogP contribution in [0.15, 0.2) is 30.4 Å². The maximum Gasteiger partial charge on any atom is 0.225 e. The van der Waals surface area contributed by atoms with Crippen molar-refractivity contribution in [3.8, 4) is 5.88 Å². The van der Waals surface area contributed by atoms with E-state index in [0.717, 1.165) is 10.2 Å². The average Bonchev–Trinajstić information content (AvgIpc) is 2.62. The molecule has 4 heteroatoms. The van der Waals surface area contributed by atoms with Crippen LogP contribution in [0, 0.1) is 0 Å². The zero-order valence-corrected chi connectivity index (χ0v) is 7.75. The van der Waals surface area contributed by atoms with Crippen molar-refractivity contribution in [3.63, 3.8) is 0 Å². The minimum atomic E-state index is 0.474. The molecule has 0 bridgehead atoms. The molecule has 2 aromatic heterocycles. The van der Waals surface area contributed by atoms with Crippen LogP contribution in [0.1, 0.15) is 0 Å². The fourth-order valence-corrected chi connectivity index (χ4v) is 1.74. The maximum atomic E-state index is 5.36. The third-order valence-electron chi connectivity index (χ3n) is 1.56. The molecule has 3 nitrogen and oxygen atoms in total. The first kappa shape index (κ1) is 8.19. The van der Waals surface area contributed by atoms with Crippen molar-refractivity contribution in [1.29, 1.82) is 0 Å². The first-order valence-corrected chi connectivity index (χ1v) is 4.71. The molecule has 13 heavy (non-hydrogen) atoms. The summed E-state index contributed by atoms with van der Waals surface area (Å²) in [4.78, 5) is 9.11. The lowest BCUT2D eigenvalue weighted by Crippen LogP contribution is -1.95. The van der Waals surface area contributed by atoms with E-state index in [1.165, 1.54) is 6.33 Å². The monoisotopic (exact) mass is 192 g/mol. The molecule has 0 amide bonds. The van der Waals surface area contributed by atoms with Gasteiger partial charge in [-0.25, -0.2) is 9.97 Å². The fourth-order valence-electron chi connectivity index (χ4n) is 1.02. The third-order valence-corrected chi connectivity index (χ3v) is 2.38. The molecule has 0 fully saturated rings. The molecule has 0 unspecified atom stereocenters. The Labute approximate surface area is 79.7 Å². The van der Waals surface area contributed by atoms with E-state index in [2.05, 4.69) is 16.5 Å². The molecular weight excluding hydrogens is 184 g/mol. The van der Waals surface area contributed by atoms with E-state index in [1.54, 1.807) is 17.4 Å². The first-order chi connectivity index (χ1) is 6.42. The number of aromatic nitrogens is 2. The summed E-state index contributed by atoms with van der Waals surface area (Å²) in [5.74, 6) is 0.631. The number of nitrogens with zero attached hydrogens (tertiary/aromatic N) is 2. The number of ether oxygens (including phenoxy) is 1. The van der Waals surface area contributed by atoms with Gasteiger partial charge in [0.1, 0.15) is 17.8 Å². The van der Waals surface area contributed by atoms with E-state index in [4.69, 9.17) is 4.74 Å². The van der Waals surface area contributed by atoms with Gasteiger partial charge in [0, 0.05) is 0 Å². The van der Waals surface area contributed by atoms with Crippen LogP contribution in [-0.4, -0.2) is 16.6 Å². The van der Waals surface area contributed by atoms with Crippen LogP contribution in [0.3, 0.4) is 0 Å². The Morgan fingerprint density at radius 1 is 1.54 bits per heavy atom. The van der Waals surface area contributed by atoms with Gasteiger partial charge in [0.2, 0.25) is 5.88 Å². The van der Waals surface area contributed by atoms with Gasteiger partial charge in [-0.2, -0.15) is 0 Å². The second-order valence-corrected chi connectivity index (χ2v) is 3.31. The van der Waals surface area contributed by atoms with E-state index >= 15 is 0 Å². The quantitative estimate of drug-likeness (QED) is 0.700. The Balaban J connectivity index is 2.42. The summed E-state index contributed by atoms with van der Waals surface area (Å²) in [5, 5.41) is 2.94. The number of hydrogen-bond donors (Lipinski definition) is 0. The van der Waals surface area contributed by atoms with Crippen LogP contribution in [0.2, 0.25) is 0 Å². The van der Waals surface area contributed by atoms with Gasteiger partial charge >= 0.3 is 0 Å². The van der Waals surface area contributed by atoms with Gasteiger partial charge in [-0.1, -0.05) is 12.7 Å². The lowest BCUT2D eigenvalue weighted by Gasteiger charge is -2.01. The molecule has 66 valence electrons. The predicted molar refractivity (Wildman–Crippen MR) is 53.1 cm³/mol. The molecular formula is C9H8N2OS. The van der Waals surface area contributed by atoms with Gasteiger partial charge in [0.05, 0.1) is 5.39 Å². The smallest absolute Gasteiger partial charge is 0.225 e. The second kappa shape index (κ2) is 3.53. The molecule has 0 spiro atoms. The Hall–Kier alpha value is -1.42. The van der Waals surface area contributed by atoms with Crippen LogP contribution in [0.5, 0.6) is 5.88 Å². The summed E-state index contributed by atoms with van der Waals surface area (Å²) < 4.78 is 5.36. The van der Waals surface area contributed by atoms with Gasteiger partial charge in [0.15, 0.2) is 0 Å². The van der Waals surface area contributed by atoms with Crippen molar-refractivity contribution in [1.82, 2.24) is 9.97 Å². The van der Waals surface area contributed by atoms with E-state index in [-0.39, 0.29) is 0 Å². The highest BCUT2D eigenvalue weighted by molar-refractivity contribution is 7.16. The summed E-state index contributed by atoms with van der Waals surface area (Å²) in [7, 11) is 0. The van der Waals surface area contributed by atoms with Crippen LogP contribution < -0.4 is 4.74 Å². The highest BCUT2D eigenvalue weighted by Crippen LogP contribution is 2.25. The normalized spacial score (nSPS) is 10.2. The van der Waals surface area contributed by atoms with Gasteiger partial charge in [0.25, 0.3) is 0 Å². The molecule has 0 saturated carbocycles. The van der Waals surface area contributed by atoms with Crippen molar-refractivity contribution >= 4 is 21.6 Å². The van der Waals surface area contributed by atoms with Crippen LogP contribution in [-0.2, 0) is 0 Å². The first-order valence-electron chi connectivity index (χ1n) is 3.83. The van der Waals surface area contributed by atoms with E-state index < -0.39 is 0 Å². The second-order valence-electron chi connectivity index (χ2n) is 2.42. The summed E-state index contributed by atoms with van der Waals surface area (Å²) in [5.41, 5.74) is 0. The van der Waals surface area contributed by atoms with Gasteiger partial charge in [-0.3, -0.25) is 0 Å². The molecule has 2 rings (SSSR count). The highest BCUT2D eigenvalue weighted by Gasteiger charge is 2.03. The Kier molecular flexibility index (Phi) is 2.23. The van der Waals surface area contributed by atoms with Crippen molar-refractivity contribution in [2.24, 2.45) is 0 Å². The summed E-state index contributed by atoms with van der Waals surface area (Å²) in [6.45, 7) is 4.05. The van der Waals surface area contributed by atoms with Crippen molar-refractivity contribution < 1.29 is 4.74 Å². The molecule has 0 aliphatic rings. The zero-order valence-electron chi connectivity index (χ0n) is 6.93. The van der Waals surface area contributed by atoms with E-state index in [0.29, 0.717) is 12.5 Å². The molecule has 0 N–H and O–H groups in total. The lowest BCUT2D eigenvalue weighted by atomic mass is 10.4. The zero-order chi connectivity index (χ0) is 9.10. The van der Waals surface area contributed by atoms with Crippen molar-refractivity contribution in [2.75, 3.05) is 6.61 Å². The molecule has 0 radical (unpaired) electrons. The Morgan fingerprint density at radius 2 is 2.46 bits per heavy atom. The van der Waals surface area contributed by atoms with Crippen molar-refractivity contribution in [3.05, 3.63) is 30.4 Å². The standard InChI is InChI=1S/C9H8N2OS/c1-2-4-12-8-7-3-5-13-9(7)11-6-10-8/h2-3,5-6H,1,4H2. The minimum Gasteiger partial charge on any atom is -0.473 e. The molecule has 0 aliphatic carbocycles. The highest BCUT2D eigenvalue weighted by atomic mass is 32.1. The molecule has 0 saturated heterocycles. The number of rotatable bonds is 3. The molecule has 2 aromatic rings. The largest absolute Gasteiger partial charge is 0.473 e. The topological polar surface area (TPSA) is 35.0 Å². The van der Waals surface area contributed by atoms with Gasteiger partial charge in [-0.15, -0.1) is 11.3 Å². The number of hydrogen-bond acceptors (Lipinski definition) is 4. The van der Waals surface area contributed by atoms with Crippen LogP contribution in [0.4, 0.5) is 0 Å². The Morgan fingerprint density at radius 3 is 3.31 bits per heavy atom. The minimum absolute atomic E-state index is 0.474. The summed E-state index contributed by atoms with van der Waals surface area (Å²) in [6.07, 6.45) is 3.21. The van der Waals surface area contributed by atoms with Gasteiger partial charge < -0.3 is 4.74 Å². The predicted octanol–water partition coefficient (Wildman–Crippen LogP) is 2.26. The Bertz CT molecular complexity index is 424. The summed E-state index contributed by atoms with van der Waals surface area (Å²) >= 11 is 1.58. The fraction of sp³-hybridized carbons (Fsp3) is 0.111. The van der Waals surface area contributed by atoms with Gasteiger partial charge in [-0.05, 0) is 11.4 Å². The van der Waals surface area contributed by atoms with E-state index in [9.17, 15) is 0 Å². The number of fused-ring (bicyclic) bond motifs is 1. The van der Waals surface area contributed by atoms with Crippen molar-refractivity contribution in [2.45, 2.75) is 0 Å².